The maximum atomic E-state index is 9.13. The quantitative estimate of drug-likeness (QED) is 0.741. The van der Waals surface area contributed by atoms with E-state index in [2.05, 4.69) is 42.0 Å². The zero-order valence-corrected chi connectivity index (χ0v) is 16.5. The molecule has 8 heteroatoms. The van der Waals surface area contributed by atoms with Crippen LogP contribution in [0.25, 0.3) is 22.3 Å². The molecule has 3 aromatic rings. The molecule has 2 atom stereocenters. The van der Waals surface area contributed by atoms with Crippen molar-refractivity contribution in [2.45, 2.75) is 43.8 Å². The van der Waals surface area contributed by atoms with Crippen LogP contribution in [0.2, 0.25) is 0 Å². The summed E-state index contributed by atoms with van der Waals surface area (Å²) < 4.78 is 1.81. The van der Waals surface area contributed by atoms with E-state index in [0.29, 0.717) is 18.1 Å². The molecule has 1 aliphatic carbocycles. The van der Waals surface area contributed by atoms with Gasteiger partial charge in [0.25, 0.3) is 0 Å². The standard InChI is InChI=1S/C21H24N8/c1-27-9-14(8-25-27)19-6-18-20(26-19)23-12-24-21(18)28-10-15-2-3-16(11-28)29(15)17-4-13(5-17)7-22/h6,8-9,12-13,15-17H,2-5,10-11H2,1H3,(H,23,24,26). The summed E-state index contributed by atoms with van der Waals surface area (Å²) >= 11 is 0. The lowest BCUT2D eigenvalue weighted by Gasteiger charge is -2.49. The number of aryl methyl sites for hydroxylation is 1. The van der Waals surface area contributed by atoms with Crippen LogP contribution in [-0.4, -0.2) is 60.8 Å². The second kappa shape index (κ2) is 6.29. The fourth-order valence-electron chi connectivity index (χ4n) is 5.54. The summed E-state index contributed by atoms with van der Waals surface area (Å²) in [5, 5.41) is 14.5. The molecule has 0 radical (unpaired) electrons. The smallest absolute Gasteiger partial charge is 0.143 e. The first kappa shape index (κ1) is 17.0. The van der Waals surface area contributed by atoms with Crippen LogP contribution in [0.5, 0.6) is 0 Å². The molecular formula is C21H24N8. The molecule has 0 aromatic carbocycles. The minimum atomic E-state index is 0.268. The molecule has 3 aromatic heterocycles. The van der Waals surface area contributed by atoms with E-state index in [-0.39, 0.29) is 5.92 Å². The molecule has 3 aliphatic rings. The molecule has 2 saturated heterocycles. The number of aromatic amines is 1. The van der Waals surface area contributed by atoms with Gasteiger partial charge in [0.2, 0.25) is 0 Å². The first-order chi connectivity index (χ1) is 14.2. The Hall–Kier alpha value is -2.92. The van der Waals surface area contributed by atoms with Gasteiger partial charge in [-0.1, -0.05) is 0 Å². The Labute approximate surface area is 169 Å². The molecule has 8 nitrogen and oxygen atoms in total. The molecule has 5 heterocycles. The third kappa shape index (κ3) is 2.64. The van der Waals surface area contributed by atoms with Gasteiger partial charge >= 0.3 is 0 Å². The van der Waals surface area contributed by atoms with Gasteiger partial charge in [0, 0.05) is 55.9 Å². The summed E-state index contributed by atoms with van der Waals surface area (Å²) in [4.78, 5) is 17.7. The summed E-state index contributed by atoms with van der Waals surface area (Å²) in [7, 11) is 1.92. The highest BCUT2D eigenvalue weighted by Gasteiger charge is 2.47. The number of aromatic nitrogens is 5. The summed E-state index contributed by atoms with van der Waals surface area (Å²) in [6, 6.07) is 6.33. The maximum Gasteiger partial charge on any atom is 0.143 e. The highest BCUT2D eigenvalue weighted by atomic mass is 15.4. The van der Waals surface area contributed by atoms with Crippen LogP contribution in [0, 0.1) is 17.2 Å². The number of H-pyrrole nitrogens is 1. The summed E-state index contributed by atoms with van der Waals surface area (Å²) in [5.74, 6) is 1.30. The molecule has 148 valence electrons. The largest absolute Gasteiger partial charge is 0.353 e. The van der Waals surface area contributed by atoms with E-state index < -0.39 is 0 Å². The van der Waals surface area contributed by atoms with Gasteiger partial charge in [-0.15, -0.1) is 0 Å². The molecule has 1 N–H and O–H groups in total. The van der Waals surface area contributed by atoms with Crippen molar-refractivity contribution in [1.82, 2.24) is 29.6 Å². The number of fused-ring (bicyclic) bond motifs is 3. The van der Waals surface area contributed by atoms with Gasteiger partial charge in [-0.2, -0.15) is 10.4 Å². The third-order valence-electron chi connectivity index (χ3n) is 6.98. The molecule has 2 aliphatic heterocycles. The fraction of sp³-hybridized carbons (Fsp3) is 0.524. The van der Waals surface area contributed by atoms with Crippen LogP contribution in [0.4, 0.5) is 5.82 Å². The predicted octanol–water partition coefficient (Wildman–Crippen LogP) is 2.31. The van der Waals surface area contributed by atoms with E-state index in [1.54, 1.807) is 6.33 Å². The van der Waals surface area contributed by atoms with Crippen LogP contribution >= 0.6 is 0 Å². The predicted molar refractivity (Wildman–Crippen MR) is 109 cm³/mol. The number of hydrogen-bond acceptors (Lipinski definition) is 6. The second-order valence-electron chi connectivity index (χ2n) is 8.73. The second-order valence-corrected chi connectivity index (χ2v) is 8.73. The average Bonchev–Trinajstić information content (AvgIpc) is 3.37. The van der Waals surface area contributed by atoms with Gasteiger partial charge in [-0.25, -0.2) is 9.97 Å². The fourth-order valence-corrected chi connectivity index (χ4v) is 5.54. The van der Waals surface area contributed by atoms with Gasteiger partial charge in [0.1, 0.15) is 17.8 Å². The van der Waals surface area contributed by atoms with Gasteiger partial charge in [0.15, 0.2) is 0 Å². The van der Waals surface area contributed by atoms with E-state index in [1.807, 2.05) is 24.1 Å². The molecular weight excluding hydrogens is 364 g/mol. The highest BCUT2D eigenvalue weighted by molar-refractivity contribution is 5.91. The van der Waals surface area contributed by atoms with Crippen molar-refractivity contribution < 1.29 is 0 Å². The van der Waals surface area contributed by atoms with Crippen molar-refractivity contribution in [3.05, 3.63) is 24.8 Å². The van der Waals surface area contributed by atoms with Crippen LogP contribution in [0.1, 0.15) is 25.7 Å². The Morgan fingerprint density at radius 2 is 1.93 bits per heavy atom. The van der Waals surface area contributed by atoms with Crippen LogP contribution in [0.3, 0.4) is 0 Å². The molecule has 0 amide bonds. The molecule has 0 spiro atoms. The number of rotatable bonds is 3. The zero-order valence-electron chi connectivity index (χ0n) is 16.5. The van der Waals surface area contributed by atoms with E-state index in [1.165, 1.54) is 12.8 Å². The summed E-state index contributed by atoms with van der Waals surface area (Å²) in [6.45, 7) is 2.01. The van der Waals surface area contributed by atoms with Crippen LogP contribution in [0.15, 0.2) is 24.8 Å². The number of anilines is 1. The summed E-state index contributed by atoms with van der Waals surface area (Å²) in [5.41, 5.74) is 2.95. The van der Waals surface area contributed by atoms with E-state index in [0.717, 1.165) is 54.0 Å². The lowest BCUT2D eigenvalue weighted by atomic mass is 9.79. The number of nitrogens with one attached hydrogen (secondary N) is 1. The normalized spacial score (nSPS) is 29.2. The van der Waals surface area contributed by atoms with E-state index in [4.69, 9.17) is 5.26 Å². The zero-order chi connectivity index (χ0) is 19.5. The minimum Gasteiger partial charge on any atom is -0.353 e. The molecule has 2 bridgehead atoms. The Morgan fingerprint density at radius 3 is 2.62 bits per heavy atom. The van der Waals surface area contributed by atoms with Gasteiger partial charge in [-0.3, -0.25) is 9.58 Å². The molecule has 6 rings (SSSR count). The first-order valence-corrected chi connectivity index (χ1v) is 10.4. The van der Waals surface area contributed by atoms with Crippen LogP contribution in [-0.2, 0) is 7.05 Å². The highest BCUT2D eigenvalue weighted by Crippen LogP contribution is 2.42. The van der Waals surface area contributed by atoms with Crippen molar-refractivity contribution in [1.29, 1.82) is 5.26 Å². The number of piperazine rings is 1. The Bertz CT molecular complexity index is 1090. The average molecular weight is 388 g/mol. The van der Waals surface area contributed by atoms with E-state index >= 15 is 0 Å². The number of nitrogens with zero attached hydrogens (tertiary/aromatic N) is 7. The number of hydrogen-bond donors (Lipinski definition) is 1. The Balaban J connectivity index is 1.28. The van der Waals surface area contributed by atoms with Crippen molar-refractivity contribution in [2.75, 3.05) is 18.0 Å². The van der Waals surface area contributed by atoms with Gasteiger partial charge < -0.3 is 9.88 Å². The van der Waals surface area contributed by atoms with E-state index in [9.17, 15) is 0 Å². The molecule has 1 saturated carbocycles. The van der Waals surface area contributed by atoms with Crippen molar-refractivity contribution >= 4 is 16.9 Å². The molecule has 29 heavy (non-hydrogen) atoms. The number of nitriles is 1. The monoisotopic (exact) mass is 388 g/mol. The Morgan fingerprint density at radius 1 is 1.14 bits per heavy atom. The third-order valence-corrected chi connectivity index (χ3v) is 6.98. The maximum absolute atomic E-state index is 9.13. The Kier molecular flexibility index (Phi) is 3.68. The van der Waals surface area contributed by atoms with Crippen molar-refractivity contribution in [3.8, 4) is 17.3 Å². The lowest BCUT2D eigenvalue weighted by Crippen LogP contribution is -2.60. The molecule has 3 fully saturated rings. The topological polar surface area (TPSA) is 89.7 Å². The lowest BCUT2D eigenvalue weighted by molar-refractivity contribution is 0.0437. The minimum absolute atomic E-state index is 0.268. The SMILES string of the molecule is Cn1cc(-c2cc3c(N4CC5CCC(C4)N5C4CC(C#N)C4)ncnc3[nH]2)cn1. The van der Waals surface area contributed by atoms with Gasteiger partial charge in [0.05, 0.1) is 23.3 Å². The summed E-state index contributed by atoms with van der Waals surface area (Å²) in [6.07, 6.45) is 10.1. The van der Waals surface area contributed by atoms with Crippen LogP contribution < -0.4 is 4.90 Å². The van der Waals surface area contributed by atoms with Crippen molar-refractivity contribution in [3.63, 3.8) is 0 Å². The van der Waals surface area contributed by atoms with Gasteiger partial charge in [-0.05, 0) is 31.7 Å². The first-order valence-electron chi connectivity index (χ1n) is 10.4. The van der Waals surface area contributed by atoms with Crippen molar-refractivity contribution in [2.24, 2.45) is 13.0 Å². The molecule has 2 unspecified atom stereocenters.